The summed E-state index contributed by atoms with van der Waals surface area (Å²) < 4.78 is 12.1. The van der Waals surface area contributed by atoms with Crippen LogP contribution >= 0.6 is 0 Å². The highest BCUT2D eigenvalue weighted by Gasteiger charge is 2.51. The first-order valence-electron chi connectivity index (χ1n) is 9.34. The molecular formula is C21H32BNO4. The lowest BCUT2D eigenvalue weighted by molar-refractivity contribution is -0.147. The summed E-state index contributed by atoms with van der Waals surface area (Å²) in [6.07, 6.45) is 3.97. The number of hydrogen-bond donors (Lipinski definition) is 2. The van der Waals surface area contributed by atoms with Crippen molar-refractivity contribution in [3.63, 3.8) is 0 Å². The smallest absolute Gasteiger partial charge is 0.480 e. The molecule has 3 N–H and O–H groups in total. The number of carboxylic acid groups (broad SMARTS) is 1. The summed E-state index contributed by atoms with van der Waals surface area (Å²) >= 11 is 0. The van der Waals surface area contributed by atoms with Crippen LogP contribution in [0.25, 0.3) is 6.08 Å². The molecule has 2 rings (SSSR count). The third-order valence-corrected chi connectivity index (χ3v) is 5.93. The molecule has 1 aliphatic rings. The zero-order chi connectivity index (χ0) is 20.7. The third-order valence-electron chi connectivity index (χ3n) is 5.93. The summed E-state index contributed by atoms with van der Waals surface area (Å²) in [6, 6.07) is 7.87. The minimum atomic E-state index is -1.31. The maximum absolute atomic E-state index is 11.6. The summed E-state index contributed by atoms with van der Waals surface area (Å²) in [7, 11) is -0.391. The molecule has 27 heavy (non-hydrogen) atoms. The molecule has 1 atom stereocenters. The molecule has 0 unspecified atom stereocenters. The van der Waals surface area contributed by atoms with Crippen LogP contribution < -0.4 is 11.2 Å². The van der Waals surface area contributed by atoms with Crippen LogP contribution in [-0.4, -0.2) is 34.9 Å². The molecule has 5 nitrogen and oxygen atoms in total. The molecule has 1 aliphatic heterocycles. The standard InChI is InChI=1S/C21H32BNO4/c1-18(2,3)21(23,17(24)25)14-8-9-15-10-12-16(13-11-15)22-26-19(4,5)20(6,7)27-22/h8-13H,14,23H2,1-7H3,(H,24,25)/b9-8+/t21-/m1/s1. The highest BCUT2D eigenvalue weighted by atomic mass is 16.7. The minimum absolute atomic E-state index is 0.255. The van der Waals surface area contributed by atoms with Gasteiger partial charge in [0.15, 0.2) is 0 Å². The number of carbonyl (C=O) groups is 1. The topological polar surface area (TPSA) is 81.8 Å². The second-order valence-corrected chi connectivity index (χ2v) is 9.39. The SMILES string of the molecule is CC1(C)OB(c2ccc(/C=C/C[C@@](N)(C(=O)O)C(C)(C)C)cc2)OC1(C)C. The second kappa shape index (κ2) is 7.08. The fraction of sp³-hybridized carbons (Fsp3) is 0.571. The van der Waals surface area contributed by atoms with Crippen molar-refractivity contribution in [3.05, 3.63) is 35.9 Å². The van der Waals surface area contributed by atoms with Crippen LogP contribution in [0.4, 0.5) is 0 Å². The Bertz CT molecular complexity index is 703. The molecular weight excluding hydrogens is 341 g/mol. The van der Waals surface area contributed by atoms with E-state index in [0.717, 1.165) is 11.0 Å². The van der Waals surface area contributed by atoms with Gasteiger partial charge in [-0.05, 0) is 50.6 Å². The van der Waals surface area contributed by atoms with E-state index in [1.165, 1.54) is 0 Å². The van der Waals surface area contributed by atoms with Crippen LogP contribution in [0.2, 0.25) is 0 Å². The van der Waals surface area contributed by atoms with E-state index >= 15 is 0 Å². The van der Waals surface area contributed by atoms with E-state index in [2.05, 4.69) is 0 Å². The summed E-state index contributed by atoms with van der Waals surface area (Å²) in [4.78, 5) is 11.6. The van der Waals surface area contributed by atoms with Crippen LogP contribution in [0, 0.1) is 5.41 Å². The fourth-order valence-corrected chi connectivity index (χ4v) is 2.84. The van der Waals surface area contributed by atoms with Gasteiger partial charge in [-0.2, -0.15) is 0 Å². The van der Waals surface area contributed by atoms with E-state index < -0.39 is 24.0 Å². The first-order chi connectivity index (χ1) is 12.2. The van der Waals surface area contributed by atoms with Gasteiger partial charge in [0.2, 0.25) is 0 Å². The Hall–Kier alpha value is -1.63. The van der Waals surface area contributed by atoms with Crippen molar-refractivity contribution in [2.75, 3.05) is 0 Å². The third kappa shape index (κ3) is 4.28. The first-order valence-corrected chi connectivity index (χ1v) is 9.34. The Balaban J connectivity index is 2.08. The summed E-state index contributed by atoms with van der Waals surface area (Å²) in [5.41, 5.74) is 5.48. The zero-order valence-corrected chi connectivity index (χ0v) is 17.5. The Morgan fingerprint density at radius 2 is 1.59 bits per heavy atom. The van der Waals surface area contributed by atoms with Crippen LogP contribution in [0.3, 0.4) is 0 Å². The highest BCUT2D eigenvalue weighted by molar-refractivity contribution is 6.62. The van der Waals surface area contributed by atoms with Gasteiger partial charge in [0.25, 0.3) is 0 Å². The molecule has 0 aliphatic carbocycles. The number of hydrogen-bond acceptors (Lipinski definition) is 4. The van der Waals surface area contributed by atoms with Gasteiger partial charge in [-0.3, -0.25) is 4.79 Å². The van der Waals surface area contributed by atoms with E-state index in [0.29, 0.717) is 0 Å². The van der Waals surface area contributed by atoms with Gasteiger partial charge in [0, 0.05) is 0 Å². The van der Waals surface area contributed by atoms with Gasteiger partial charge in [-0.25, -0.2) is 0 Å². The average molecular weight is 373 g/mol. The van der Waals surface area contributed by atoms with E-state index in [9.17, 15) is 9.90 Å². The molecule has 6 heteroatoms. The number of aliphatic carboxylic acids is 1. The van der Waals surface area contributed by atoms with Crippen molar-refractivity contribution in [3.8, 4) is 0 Å². The first kappa shape index (κ1) is 21.7. The van der Waals surface area contributed by atoms with E-state index in [1.807, 2.05) is 84.9 Å². The normalized spacial score (nSPS) is 21.4. The fourth-order valence-electron chi connectivity index (χ4n) is 2.84. The average Bonchev–Trinajstić information content (AvgIpc) is 2.74. The molecule has 0 radical (unpaired) electrons. The Morgan fingerprint density at radius 1 is 1.11 bits per heavy atom. The van der Waals surface area contributed by atoms with Gasteiger partial charge in [-0.1, -0.05) is 57.2 Å². The van der Waals surface area contributed by atoms with Gasteiger partial charge in [0.05, 0.1) is 11.2 Å². The predicted molar refractivity (Wildman–Crippen MR) is 110 cm³/mol. The molecule has 1 aromatic carbocycles. The number of nitrogens with two attached hydrogens (primary N) is 1. The van der Waals surface area contributed by atoms with Crippen LogP contribution in [0.5, 0.6) is 0 Å². The van der Waals surface area contributed by atoms with Gasteiger partial charge in [-0.15, -0.1) is 0 Å². The van der Waals surface area contributed by atoms with Crippen LogP contribution in [-0.2, 0) is 14.1 Å². The van der Waals surface area contributed by atoms with Crippen molar-refractivity contribution < 1.29 is 19.2 Å². The minimum Gasteiger partial charge on any atom is -0.480 e. The second-order valence-electron chi connectivity index (χ2n) is 9.39. The number of carboxylic acids is 1. The molecule has 1 aromatic rings. The summed E-state index contributed by atoms with van der Waals surface area (Å²) in [5.74, 6) is -0.990. The quantitative estimate of drug-likeness (QED) is 0.775. The summed E-state index contributed by atoms with van der Waals surface area (Å²) in [6.45, 7) is 13.6. The maximum atomic E-state index is 11.6. The number of rotatable bonds is 5. The van der Waals surface area contributed by atoms with Crippen molar-refractivity contribution >= 4 is 24.6 Å². The van der Waals surface area contributed by atoms with Crippen LogP contribution in [0.1, 0.15) is 60.5 Å². The Morgan fingerprint density at radius 3 is 2.00 bits per heavy atom. The molecule has 1 saturated heterocycles. The van der Waals surface area contributed by atoms with Gasteiger partial charge < -0.3 is 20.1 Å². The lowest BCUT2D eigenvalue weighted by Crippen LogP contribution is -2.57. The molecule has 1 heterocycles. The van der Waals surface area contributed by atoms with Crippen LogP contribution in [0.15, 0.2) is 30.3 Å². The molecule has 0 aromatic heterocycles. The highest BCUT2D eigenvalue weighted by Crippen LogP contribution is 2.36. The van der Waals surface area contributed by atoms with Crippen molar-refractivity contribution in [2.45, 2.75) is 71.6 Å². The van der Waals surface area contributed by atoms with Crippen molar-refractivity contribution in [2.24, 2.45) is 11.1 Å². The van der Waals surface area contributed by atoms with E-state index in [4.69, 9.17) is 15.0 Å². The number of benzene rings is 1. The molecule has 148 valence electrons. The largest absolute Gasteiger partial charge is 0.494 e. The van der Waals surface area contributed by atoms with E-state index in [-0.39, 0.29) is 17.6 Å². The van der Waals surface area contributed by atoms with E-state index in [1.54, 1.807) is 0 Å². The lowest BCUT2D eigenvalue weighted by atomic mass is 9.72. The predicted octanol–water partition coefficient (Wildman–Crippen LogP) is 3.22. The molecule has 0 amide bonds. The summed E-state index contributed by atoms with van der Waals surface area (Å²) in [5, 5.41) is 9.52. The molecule has 0 bridgehead atoms. The monoisotopic (exact) mass is 373 g/mol. The maximum Gasteiger partial charge on any atom is 0.494 e. The molecule has 0 saturated carbocycles. The Labute approximate surface area is 163 Å². The molecule has 1 fully saturated rings. The molecule has 0 spiro atoms. The lowest BCUT2D eigenvalue weighted by Gasteiger charge is -2.37. The Kier molecular flexibility index (Phi) is 5.68. The van der Waals surface area contributed by atoms with Crippen molar-refractivity contribution in [1.82, 2.24) is 0 Å². The zero-order valence-electron chi connectivity index (χ0n) is 17.5. The van der Waals surface area contributed by atoms with Gasteiger partial charge in [0.1, 0.15) is 5.54 Å². The van der Waals surface area contributed by atoms with Crippen molar-refractivity contribution in [1.29, 1.82) is 0 Å². The van der Waals surface area contributed by atoms with Gasteiger partial charge >= 0.3 is 13.1 Å².